The Labute approximate surface area is 50.2 Å². The topological polar surface area (TPSA) is 32.3 Å². The largest absolute Gasteiger partial charge is 0.378 e. The smallest absolute Gasteiger partial charge is 0.108 e. The zero-order valence-electron chi connectivity index (χ0n) is 5.39. The Balaban J connectivity index is 3.10. The van der Waals surface area contributed by atoms with Crippen LogP contribution in [0.15, 0.2) is 12.2 Å². The fourth-order valence-electron chi connectivity index (χ4n) is 0.383. The minimum atomic E-state index is -0.383. The van der Waals surface area contributed by atoms with Crippen molar-refractivity contribution in [3.8, 4) is 0 Å². The minimum absolute atomic E-state index is 0.383. The molecule has 1 unspecified atom stereocenters. The molecule has 2 nitrogen and oxygen atoms in total. The first kappa shape index (κ1) is 7.66. The van der Waals surface area contributed by atoms with Crippen LogP contribution in [0.25, 0.3) is 0 Å². The molecular formula is C6H13NO. The summed E-state index contributed by atoms with van der Waals surface area (Å²) < 4.78 is 0. The van der Waals surface area contributed by atoms with E-state index in [0.29, 0.717) is 6.42 Å². The van der Waals surface area contributed by atoms with Gasteiger partial charge in [0.05, 0.1) is 0 Å². The maximum absolute atomic E-state index is 8.83. The molecule has 0 aromatic carbocycles. The number of hydrogen-bond donors (Lipinski definition) is 2. The highest BCUT2D eigenvalue weighted by atomic mass is 16.3. The van der Waals surface area contributed by atoms with Crippen molar-refractivity contribution in [2.24, 2.45) is 0 Å². The zero-order chi connectivity index (χ0) is 6.41. The van der Waals surface area contributed by atoms with E-state index < -0.39 is 0 Å². The lowest BCUT2D eigenvalue weighted by atomic mass is 10.3. The van der Waals surface area contributed by atoms with Gasteiger partial charge in [-0.05, 0) is 14.0 Å². The van der Waals surface area contributed by atoms with Crippen LogP contribution in [-0.4, -0.2) is 18.4 Å². The van der Waals surface area contributed by atoms with Crippen LogP contribution in [0.2, 0.25) is 0 Å². The third kappa shape index (κ3) is 3.84. The van der Waals surface area contributed by atoms with Gasteiger partial charge in [0.1, 0.15) is 6.23 Å². The summed E-state index contributed by atoms with van der Waals surface area (Å²) >= 11 is 0. The molecule has 0 aliphatic rings. The van der Waals surface area contributed by atoms with Crippen molar-refractivity contribution >= 4 is 0 Å². The normalized spacial score (nSPS) is 14.9. The van der Waals surface area contributed by atoms with E-state index in [2.05, 4.69) is 5.32 Å². The molecule has 0 rings (SSSR count). The molecule has 0 bridgehead atoms. The Morgan fingerprint density at radius 1 is 1.75 bits per heavy atom. The van der Waals surface area contributed by atoms with Crippen LogP contribution in [0, 0.1) is 0 Å². The third-order valence-corrected chi connectivity index (χ3v) is 0.928. The molecule has 0 heterocycles. The van der Waals surface area contributed by atoms with Crippen molar-refractivity contribution in [3.05, 3.63) is 12.2 Å². The van der Waals surface area contributed by atoms with Crippen LogP contribution in [0.4, 0.5) is 0 Å². The minimum Gasteiger partial charge on any atom is -0.378 e. The average molecular weight is 115 g/mol. The van der Waals surface area contributed by atoms with Crippen LogP contribution >= 0.6 is 0 Å². The van der Waals surface area contributed by atoms with Gasteiger partial charge in [-0.3, -0.25) is 5.32 Å². The number of rotatable bonds is 3. The van der Waals surface area contributed by atoms with E-state index in [1.165, 1.54) is 0 Å². The Morgan fingerprint density at radius 2 is 2.38 bits per heavy atom. The highest BCUT2D eigenvalue weighted by molar-refractivity contribution is 4.78. The maximum Gasteiger partial charge on any atom is 0.108 e. The molecule has 0 fully saturated rings. The second kappa shape index (κ2) is 4.81. The molecule has 0 spiro atoms. The van der Waals surface area contributed by atoms with Crippen molar-refractivity contribution in [3.63, 3.8) is 0 Å². The average Bonchev–Trinajstić information content (AvgIpc) is 1.83. The third-order valence-electron chi connectivity index (χ3n) is 0.928. The SMILES string of the molecule is C/C=C\CC(O)NC. The fourth-order valence-corrected chi connectivity index (χ4v) is 0.383. The first-order chi connectivity index (χ1) is 3.81. The van der Waals surface area contributed by atoms with Crippen molar-refractivity contribution in [1.82, 2.24) is 5.32 Å². The second-order valence-electron chi connectivity index (χ2n) is 1.61. The van der Waals surface area contributed by atoms with E-state index in [1.54, 1.807) is 7.05 Å². The number of nitrogens with one attached hydrogen (secondary N) is 1. The van der Waals surface area contributed by atoms with Gasteiger partial charge in [-0.1, -0.05) is 12.2 Å². The van der Waals surface area contributed by atoms with Gasteiger partial charge in [0.15, 0.2) is 0 Å². The molecule has 2 heteroatoms. The monoisotopic (exact) mass is 115 g/mol. The Hall–Kier alpha value is -0.340. The van der Waals surface area contributed by atoms with Crippen LogP contribution in [0.1, 0.15) is 13.3 Å². The highest BCUT2D eigenvalue weighted by Gasteiger charge is 1.91. The van der Waals surface area contributed by atoms with Gasteiger partial charge in [0.2, 0.25) is 0 Å². The van der Waals surface area contributed by atoms with E-state index >= 15 is 0 Å². The second-order valence-corrected chi connectivity index (χ2v) is 1.61. The molecule has 0 saturated heterocycles. The summed E-state index contributed by atoms with van der Waals surface area (Å²) in [5.41, 5.74) is 0. The predicted molar refractivity (Wildman–Crippen MR) is 34.5 cm³/mol. The van der Waals surface area contributed by atoms with E-state index in [1.807, 2.05) is 19.1 Å². The zero-order valence-corrected chi connectivity index (χ0v) is 5.39. The van der Waals surface area contributed by atoms with Crippen molar-refractivity contribution in [2.45, 2.75) is 19.6 Å². The first-order valence-corrected chi connectivity index (χ1v) is 2.77. The van der Waals surface area contributed by atoms with Gasteiger partial charge >= 0.3 is 0 Å². The standard InChI is InChI=1S/C6H13NO/c1-3-4-5-6(8)7-2/h3-4,6-8H,5H2,1-2H3/b4-3-. The molecule has 0 aromatic rings. The van der Waals surface area contributed by atoms with Crippen molar-refractivity contribution in [1.29, 1.82) is 0 Å². The summed E-state index contributed by atoms with van der Waals surface area (Å²) in [6, 6.07) is 0. The molecule has 0 amide bonds. The number of aliphatic hydroxyl groups is 1. The van der Waals surface area contributed by atoms with Crippen molar-refractivity contribution in [2.75, 3.05) is 7.05 Å². The fraction of sp³-hybridized carbons (Fsp3) is 0.667. The molecular weight excluding hydrogens is 102 g/mol. The molecule has 0 saturated carbocycles. The van der Waals surface area contributed by atoms with E-state index in [9.17, 15) is 0 Å². The van der Waals surface area contributed by atoms with Gasteiger partial charge in [-0.2, -0.15) is 0 Å². The van der Waals surface area contributed by atoms with Crippen LogP contribution < -0.4 is 5.32 Å². The summed E-state index contributed by atoms with van der Waals surface area (Å²) in [4.78, 5) is 0. The summed E-state index contributed by atoms with van der Waals surface area (Å²) in [6.45, 7) is 1.93. The van der Waals surface area contributed by atoms with Crippen molar-refractivity contribution < 1.29 is 5.11 Å². The van der Waals surface area contributed by atoms with Crippen LogP contribution in [-0.2, 0) is 0 Å². The van der Waals surface area contributed by atoms with Gasteiger partial charge < -0.3 is 5.11 Å². The molecule has 0 aromatic heterocycles. The van der Waals surface area contributed by atoms with Gasteiger partial charge in [0, 0.05) is 6.42 Å². The van der Waals surface area contributed by atoms with E-state index in [-0.39, 0.29) is 6.23 Å². The Morgan fingerprint density at radius 3 is 2.75 bits per heavy atom. The molecule has 48 valence electrons. The van der Waals surface area contributed by atoms with E-state index in [4.69, 9.17) is 5.11 Å². The summed E-state index contributed by atoms with van der Waals surface area (Å²) in [7, 11) is 1.73. The lowest BCUT2D eigenvalue weighted by Crippen LogP contribution is -2.23. The van der Waals surface area contributed by atoms with Gasteiger partial charge in [-0.15, -0.1) is 0 Å². The Kier molecular flexibility index (Phi) is 4.61. The van der Waals surface area contributed by atoms with E-state index in [0.717, 1.165) is 0 Å². The quantitative estimate of drug-likeness (QED) is 0.414. The molecule has 0 aliphatic heterocycles. The van der Waals surface area contributed by atoms with Crippen LogP contribution in [0.3, 0.4) is 0 Å². The maximum atomic E-state index is 8.83. The lowest BCUT2D eigenvalue weighted by molar-refractivity contribution is 0.150. The molecule has 1 atom stereocenters. The lowest BCUT2D eigenvalue weighted by Gasteiger charge is -2.02. The summed E-state index contributed by atoms with van der Waals surface area (Å²) in [5, 5.41) is 11.5. The van der Waals surface area contributed by atoms with Crippen LogP contribution in [0.5, 0.6) is 0 Å². The number of allylic oxidation sites excluding steroid dienone is 1. The predicted octanol–water partition coefficient (Wildman–Crippen LogP) is 0.490. The Bertz CT molecular complexity index is 70.9. The summed E-state index contributed by atoms with van der Waals surface area (Å²) in [6.07, 6.45) is 4.14. The molecule has 8 heavy (non-hydrogen) atoms. The van der Waals surface area contributed by atoms with Gasteiger partial charge in [0.25, 0.3) is 0 Å². The molecule has 2 N–H and O–H groups in total. The van der Waals surface area contributed by atoms with Gasteiger partial charge in [-0.25, -0.2) is 0 Å². The molecule has 0 aliphatic carbocycles. The first-order valence-electron chi connectivity index (χ1n) is 2.77. The highest BCUT2D eigenvalue weighted by Crippen LogP contribution is 1.85. The number of hydrogen-bond acceptors (Lipinski definition) is 2. The summed E-state index contributed by atoms with van der Waals surface area (Å²) in [5.74, 6) is 0. The number of aliphatic hydroxyl groups excluding tert-OH is 1. The molecule has 0 radical (unpaired) electrons.